The van der Waals surface area contributed by atoms with Crippen molar-refractivity contribution in [2.45, 2.75) is 38.6 Å². The standard InChI is InChI=1S/C38H36N2O6/c41-36(45-26-31-12-6-2-7-13-31)20-22-40(25-30-10-4-1-5-11-30)38(43)39-35(37(42)46-27-32-14-8-3-9-15-32)24-29-16-18-33(19-17-29)34-21-23-44-28-34/h1-19,21,23,28,35H,20,22,24-27H2,(H,39,43)/t35-/m0/s1. The van der Waals surface area contributed by atoms with Crippen LogP contribution in [0.4, 0.5) is 4.79 Å². The van der Waals surface area contributed by atoms with Crippen molar-refractivity contribution in [3.05, 3.63) is 156 Å². The summed E-state index contributed by atoms with van der Waals surface area (Å²) >= 11 is 0. The molecular weight excluding hydrogens is 580 g/mol. The normalized spacial score (nSPS) is 11.3. The summed E-state index contributed by atoms with van der Waals surface area (Å²) < 4.78 is 16.3. The summed E-state index contributed by atoms with van der Waals surface area (Å²) in [5.74, 6) is -0.982. The van der Waals surface area contributed by atoms with Gasteiger partial charge in [-0.2, -0.15) is 0 Å². The molecule has 0 aliphatic rings. The van der Waals surface area contributed by atoms with Gasteiger partial charge in [-0.25, -0.2) is 9.59 Å². The van der Waals surface area contributed by atoms with Gasteiger partial charge < -0.3 is 24.1 Å². The van der Waals surface area contributed by atoms with Crippen LogP contribution in [0.15, 0.2) is 138 Å². The highest BCUT2D eigenvalue weighted by molar-refractivity contribution is 5.84. The van der Waals surface area contributed by atoms with E-state index in [2.05, 4.69) is 5.32 Å². The molecule has 5 aromatic rings. The first-order chi connectivity index (χ1) is 22.5. The zero-order valence-corrected chi connectivity index (χ0v) is 25.4. The molecule has 0 saturated carbocycles. The summed E-state index contributed by atoms with van der Waals surface area (Å²) in [5.41, 5.74) is 5.35. The van der Waals surface area contributed by atoms with E-state index in [0.717, 1.165) is 33.4 Å². The van der Waals surface area contributed by atoms with E-state index in [1.807, 2.05) is 121 Å². The number of benzene rings is 4. The van der Waals surface area contributed by atoms with Crippen molar-refractivity contribution < 1.29 is 28.3 Å². The van der Waals surface area contributed by atoms with Crippen LogP contribution in [0.25, 0.3) is 11.1 Å². The van der Waals surface area contributed by atoms with Crippen molar-refractivity contribution in [1.29, 1.82) is 0 Å². The SMILES string of the molecule is O=C(CCN(Cc1ccccc1)C(=O)N[C@@H](Cc1ccc(-c2ccoc2)cc1)C(=O)OCc1ccccc1)OCc1ccccc1. The van der Waals surface area contributed by atoms with Gasteiger partial charge in [0.15, 0.2) is 0 Å². The monoisotopic (exact) mass is 616 g/mol. The topological polar surface area (TPSA) is 98.1 Å². The predicted octanol–water partition coefficient (Wildman–Crippen LogP) is 6.95. The highest BCUT2D eigenvalue weighted by atomic mass is 16.5. The molecule has 0 aliphatic heterocycles. The summed E-state index contributed by atoms with van der Waals surface area (Å²) in [6.07, 6.45) is 3.48. The lowest BCUT2D eigenvalue weighted by molar-refractivity contribution is -0.147. The minimum Gasteiger partial charge on any atom is -0.472 e. The van der Waals surface area contributed by atoms with E-state index in [0.29, 0.717) is 0 Å². The maximum absolute atomic E-state index is 13.8. The van der Waals surface area contributed by atoms with Crippen molar-refractivity contribution in [2.75, 3.05) is 6.54 Å². The van der Waals surface area contributed by atoms with Crippen molar-refractivity contribution in [1.82, 2.24) is 10.2 Å². The molecule has 1 N–H and O–H groups in total. The van der Waals surface area contributed by atoms with Gasteiger partial charge >= 0.3 is 18.0 Å². The summed E-state index contributed by atoms with van der Waals surface area (Å²) in [4.78, 5) is 41.4. The third kappa shape index (κ3) is 9.69. The zero-order valence-electron chi connectivity index (χ0n) is 25.4. The van der Waals surface area contributed by atoms with Gasteiger partial charge in [-0.3, -0.25) is 4.79 Å². The fourth-order valence-corrected chi connectivity index (χ4v) is 4.85. The van der Waals surface area contributed by atoms with Crippen LogP contribution in [-0.2, 0) is 45.2 Å². The van der Waals surface area contributed by atoms with Crippen molar-refractivity contribution in [3.63, 3.8) is 0 Å². The number of hydrogen-bond donors (Lipinski definition) is 1. The molecule has 234 valence electrons. The average Bonchev–Trinajstić information content (AvgIpc) is 3.65. The number of urea groups is 1. The molecule has 0 radical (unpaired) electrons. The number of nitrogens with one attached hydrogen (secondary N) is 1. The number of esters is 2. The van der Waals surface area contributed by atoms with Gasteiger partial charge in [-0.05, 0) is 33.9 Å². The lowest BCUT2D eigenvalue weighted by Gasteiger charge is -2.26. The Balaban J connectivity index is 1.28. The number of rotatable bonds is 14. The van der Waals surface area contributed by atoms with Gasteiger partial charge in [0.25, 0.3) is 0 Å². The van der Waals surface area contributed by atoms with Crippen LogP contribution >= 0.6 is 0 Å². The molecule has 0 unspecified atom stereocenters. The number of amides is 2. The summed E-state index contributed by atoms with van der Waals surface area (Å²) in [5, 5.41) is 2.89. The van der Waals surface area contributed by atoms with Crippen molar-refractivity contribution in [3.8, 4) is 11.1 Å². The first-order valence-corrected chi connectivity index (χ1v) is 15.1. The van der Waals surface area contributed by atoms with Crippen molar-refractivity contribution >= 4 is 18.0 Å². The second kappa shape index (κ2) is 16.4. The first-order valence-electron chi connectivity index (χ1n) is 15.1. The van der Waals surface area contributed by atoms with Gasteiger partial charge in [0.05, 0.1) is 18.9 Å². The van der Waals surface area contributed by atoms with Crippen molar-refractivity contribution in [2.24, 2.45) is 0 Å². The molecule has 0 aliphatic carbocycles. The lowest BCUT2D eigenvalue weighted by atomic mass is 10.0. The number of ether oxygens (including phenoxy) is 2. The Bertz CT molecular complexity index is 1660. The fourth-order valence-electron chi connectivity index (χ4n) is 4.85. The molecule has 2 amide bonds. The van der Waals surface area contributed by atoms with Crippen LogP contribution in [-0.4, -0.2) is 35.5 Å². The Kier molecular flexibility index (Phi) is 11.4. The third-order valence-corrected chi connectivity index (χ3v) is 7.39. The average molecular weight is 617 g/mol. The van der Waals surface area contributed by atoms with E-state index in [1.165, 1.54) is 4.90 Å². The van der Waals surface area contributed by atoms with Crippen LogP contribution in [0, 0.1) is 0 Å². The van der Waals surface area contributed by atoms with E-state index < -0.39 is 24.0 Å². The number of furan rings is 1. The molecule has 0 spiro atoms. The van der Waals surface area contributed by atoms with Gasteiger partial charge in [0, 0.05) is 25.1 Å². The molecule has 1 aromatic heterocycles. The molecule has 0 fully saturated rings. The predicted molar refractivity (Wildman–Crippen MR) is 174 cm³/mol. The fraction of sp³-hybridized carbons (Fsp3) is 0.184. The Morgan fingerprint density at radius 1 is 0.652 bits per heavy atom. The summed E-state index contributed by atoms with van der Waals surface area (Å²) in [7, 11) is 0. The van der Waals surface area contributed by atoms with E-state index >= 15 is 0 Å². The Labute approximate surface area is 268 Å². The molecule has 1 atom stereocenters. The van der Waals surface area contributed by atoms with Gasteiger partial charge in [-0.1, -0.05) is 115 Å². The maximum Gasteiger partial charge on any atom is 0.329 e. The van der Waals surface area contributed by atoms with Gasteiger partial charge in [0.1, 0.15) is 19.3 Å². The maximum atomic E-state index is 13.8. The second-order valence-electron chi connectivity index (χ2n) is 10.8. The van der Waals surface area contributed by atoms with E-state index in [9.17, 15) is 14.4 Å². The number of carbonyl (C=O) groups excluding carboxylic acids is 3. The molecule has 46 heavy (non-hydrogen) atoms. The Morgan fingerprint density at radius 3 is 1.83 bits per heavy atom. The first kappa shape index (κ1) is 31.8. The van der Waals surface area contributed by atoms with Crippen LogP contribution in [0.3, 0.4) is 0 Å². The quantitative estimate of drug-likeness (QED) is 0.136. The number of carbonyl (C=O) groups is 3. The number of hydrogen-bond acceptors (Lipinski definition) is 6. The highest BCUT2D eigenvalue weighted by Crippen LogP contribution is 2.21. The molecule has 4 aromatic carbocycles. The zero-order chi connectivity index (χ0) is 32.0. The second-order valence-corrected chi connectivity index (χ2v) is 10.8. The van der Waals surface area contributed by atoms with E-state index in [-0.39, 0.29) is 39.1 Å². The van der Waals surface area contributed by atoms with Gasteiger partial charge in [0.2, 0.25) is 0 Å². The smallest absolute Gasteiger partial charge is 0.329 e. The highest BCUT2D eigenvalue weighted by Gasteiger charge is 2.26. The molecule has 5 rings (SSSR count). The van der Waals surface area contributed by atoms with E-state index in [1.54, 1.807) is 12.5 Å². The van der Waals surface area contributed by atoms with E-state index in [4.69, 9.17) is 13.9 Å². The van der Waals surface area contributed by atoms with Crippen LogP contribution in [0.2, 0.25) is 0 Å². The van der Waals surface area contributed by atoms with Crippen LogP contribution in [0.5, 0.6) is 0 Å². The molecule has 8 nitrogen and oxygen atoms in total. The third-order valence-electron chi connectivity index (χ3n) is 7.39. The minimum absolute atomic E-state index is 0.00825. The summed E-state index contributed by atoms with van der Waals surface area (Å²) in [6, 6.07) is 36.4. The molecule has 8 heteroatoms. The number of nitrogens with zero attached hydrogens (tertiary/aromatic N) is 1. The molecule has 0 bridgehead atoms. The van der Waals surface area contributed by atoms with Gasteiger partial charge in [-0.15, -0.1) is 0 Å². The minimum atomic E-state index is -0.973. The van der Waals surface area contributed by atoms with Crippen LogP contribution in [0.1, 0.15) is 28.7 Å². The lowest BCUT2D eigenvalue weighted by Crippen LogP contribution is -2.49. The molecule has 0 saturated heterocycles. The molecule has 1 heterocycles. The molecular formula is C38H36N2O6. The largest absolute Gasteiger partial charge is 0.472 e. The Morgan fingerprint density at radius 2 is 1.24 bits per heavy atom. The summed E-state index contributed by atoms with van der Waals surface area (Å²) in [6.45, 7) is 0.565. The van der Waals surface area contributed by atoms with Crippen LogP contribution < -0.4 is 5.32 Å². The Hall–Kier alpha value is -5.63.